The van der Waals surface area contributed by atoms with E-state index in [1.54, 1.807) is 18.3 Å². The molecule has 0 aliphatic carbocycles. The van der Waals surface area contributed by atoms with Gasteiger partial charge >= 0.3 is 0 Å². The van der Waals surface area contributed by atoms with Gasteiger partial charge in [0.1, 0.15) is 17.0 Å². The van der Waals surface area contributed by atoms with E-state index in [9.17, 15) is 4.79 Å². The summed E-state index contributed by atoms with van der Waals surface area (Å²) in [5.74, 6) is 0.721. The maximum Gasteiger partial charge on any atom is 0.189 e. The van der Waals surface area contributed by atoms with Crippen LogP contribution in [0.5, 0.6) is 5.75 Å². The van der Waals surface area contributed by atoms with Gasteiger partial charge in [-0.2, -0.15) is 0 Å². The summed E-state index contributed by atoms with van der Waals surface area (Å²) in [6, 6.07) is 3.59. The highest BCUT2D eigenvalue weighted by atomic mass is 16.5. The topological polar surface area (TPSA) is 51.2 Å². The number of aromatic nitrogens is 1. The van der Waals surface area contributed by atoms with Crippen molar-refractivity contribution in [3.05, 3.63) is 24.0 Å². The van der Waals surface area contributed by atoms with E-state index in [0.717, 1.165) is 13.1 Å². The summed E-state index contributed by atoms with van der Waals surface area (Å²) in [7, 11) is 0. The summed E-state index contributed by atoms with van der Waals surface area (Å²) >= 11 is 0. The molecule has 0 amide bonds. The number of carbonyl (C=O) groups is 1. The lowest BCUT2D eigenvalue weighted by atomic mass is 9.87. The van der Waals surface area contributed by atoms with E-state index in [0.29, 0.717) is 17.9 Å². The number of hydrogen-bond donors (Lipinski definition) is 1. The molecule has 3 rings (SSSR count). The van der Waals surface area contributed by atoms with Crippen molar-refractivity contribution in [1.29, 1.82) is 0 Å². The van der Waals surface area contributed by atoms with Crippen molar-refractivity contribution in [1.82, 2.24) is 10.3 Å². The molecular weight excluding hydrogens is 180 g/mol. The fourth-order valence-corrected chi connectivity index (χ4v) is 1.93. The molecule has 14 heavy (non-hydrogen) atoms. The van der Waals surface area contributed by atoms with Gasteiger partial charge in [0.2, 0.25) is 0 Å². The first-order valence-electron chi connectivity index (χ1n) is 4.67. The lowest BCUT2D eigenvalue weighted by molar-refractivity contribution is 0.00158. The molecule has 3 heterocycles. The number of hydrogen-bond acceptors (Lipinski definition) is 4. The number of Topliss-reactive ketones (excluding diaryl/α,β-unsaturated/α-hetero) is 1. The fourth-order valence-electron chi connectivity index (χ4n) is 1.93. The summed E-state index contributed by atoms with van der Waals surface area (Å²) in [4.78, 5) is 15.8. The lowest BCUT2D eigenvalue weighted by Crippen LogP contribution is -2.65. The first-order chi connectivity index (χ1) is 6.79. The van der Waals surface area contributed by atoms with E-state index in [-0.39, 0.29) is 11.4 Å². The van der Waals surface area contributed by atoms with Crippen LogP contribution in [0, 0.1) is 0 Å². The molecule has 4 nitrogen and oxygen atoms in total. The van der Waals surface area contributed by atoms with Gasteiger partial charge in [-0.1, -0.05) is 0 Å². The molecule has 1 saturated heterocycles. The highest BCUT2D eigenvalue weighted by Crippen LogP contribution is 2.33. The van der Waals surface area contributed by atoms with Crippen LogP contribution in [0.15, 0.2) is 18.3 Å². The Balaban J connectivity index is 2.04. The quantitative estimate of drug-likeness (QED) is 0.643. The normalized spacial score (nSPS) is 22.4. The van der Waals surface area contributed by atoms with Crippen molar-refractivity contribution in [3.8, 4) is 5.75 Å². The molecule has 0 aromatic carbocycles. The van der Waals surface area contributed by atoms with E-state index in [2.05, 4.69) is 10.3 Å². The first-order valence-corrected chi connectivity index (χ1v) is 4.67. The van der Waals surface area contributed by atoms with Crippen LogP contribution in [-0.4, -0.2) is 29.5 Å². The molecule has 0 atom stereocenters. The molecule has 1 N–H and O–H groups in total. The molecule has 0 radical (unpaired) electrons. The number of fused-ring (bicyclic) bond motifs is 1. The molecule has 1 fully saturated rings. The van der Waals surface area contributed by atoms with Crippen LogP contribution in [0.1, 0.15) is 16.9 Å². The fraction of sp³-hybridized carbons (Fsp3) is 0.400. The van der Waals surface area contributed by atoms with E-state index in [4.69, 9.17) is 4.74 Å². The van der Waals surface area contributed by atoms with Crippen LogP contribution >= 0.6 is 0 Å². The minimum Gasteiger partial charge on any atom is -0.482 e. The number of ketones is 1. The highest BCUT2D eigenvalue weighted by Gasteiger charge is 2.45. The van der Waals surface area contributed by atoms with Crippen LogP contribution < -0.4 is 10.1 Å². The predicted octanol–water partition coefficient (Wildman–Crippen LogP) is 0.389. The summed E-state index contributed by atoms with van der Waals surface area (Å²) < 4.78 is 5.78. The SMILES string of the molecule is O=C1CC2(CNC2)Oc2cccnc21. The van der Waals surface area contributed by atoms with Crippen LogP contribution in [0.2, 0.25) is 0 Å². The molecule has 1 aromatic rings. The highest BCUT2D eigenvalue weighted by molar-refractivity contribution is 5.98. The summed E-state index contributed by atoms with van der Waals surface area (Å²) in [5, 5.41) is 3.13. The minimum absolute atomic E-state index is 0.0911. The third-order valence-electron chi connectivity index (χ3n) is 2.74. The minimum atomic E-state index is -0.285. The maximum absolute atomic E-state index is 11.7. The van der Waals surface area contributed by atoms with Crippen LogP contribution in [0.3, 0.4) is 0 Å². The standard InChI is InChI=1S/C10H10N2O2/c13-7-4-10(5-11-6-10)14-8-2-1-3-12-9(7)8/h1-3,11H,4-6H2. The Morgan fingerprint density at radius 2 is 2.36 bits per heavy atom. The lowest BCUT2D eigenvalue weighted by Gasteiger charge is -2.44. The summed E-state index contributed by atoms with van der Waals surface area (Å²) in [6.45, 7) is 1.51. The van der Waals surface area contributed by atoms with Crippen molar-refractivity contribution in [2.24, 2.45) is 0 Å². The van der Waals surface area contributed by atoms with Gasteiger partial charge in [-0.3, -0.25) is 4.79 Å². The average Bonchev–Trinajstić information content (AvgIpc) is 2.15. The predicted molar refractivity (Wildman–Crippen MR) is 49.4 cm³/mol. The van der Waals surface area contributed by atoms with Gasteiger partial charge in [-0.25, -0.2) is 4.98 Å². The second kappa shape index (κ2) is 2.54. The van der Waals surface area contributed by atoms with E-state index < -0.39 is 0 Å². The zero-order valence-electron chi connectivity index (χ0n) is 7.62. The number of pyridine rings is 1. The molecule has 0 saturated carbocycles. The Hall–Kier alpha value is -1.42. The van der Waals surface area contributed by atoms with Gasteiger partial charge in [0.25, 0.3) is 0 Å². The van der Waals surface area contributed by atoms with Crippen LogP contribution in [-0.2, 0) is 0 Å². The second-order valence-electron chi connectivity index (χ2n) is 3.84. The van der Waals surface area contributed by atoms with Crippen LogP contribution in [0.25, 0.3) is 0 Å². The Morgan fingerprint density at radius 3 is 3.07 bits per heavy atom. The molecule has 2 aliphatic heterocycles. The van der Waals surface area contributed by atoms with E-state index >= 15 is 0 Å². The number of nitrogens with zero attached hydrogens (tertiary/aromatic N) is 1. The van der Waals surface area contributed by atoms with Crippen LogP contribution in [0.4, 0.5) is 0 Å². The molecule has 0 bridgehead atoms. The maximum atomic E-state index is 11.7. The average molecular weight is 190 g/mol. The Bertz CT molecular complexity index is 399. The van der Waals surface area contributed by atoms with Crippen molar-refractivity contribution < 1.29 is 9.53 Å². The van der Waals surface area contributed by atoms with Gasteiger partial charge in [0.15, 0.2) is 5.78 Å². The second-order valence-corrected chi connectivity index (χ2v) is 3.84. The first kappa shape index (κ1) is 7.94. The Morgan fingerprint density at radius 1 is 1.50 bits per heavy atom. The van der Waals surface area contributed by atoms with E-state index in [1.807, 2.05) is 0 Å². The van der Waals surface area contributed by atoms with Crippen molar-refractivity contribution in [2.45, 2.75) is 12.0 Å². The molecule has 72 valence electrons. The summed E-state index contributed by atoms with van der Waals surface area (Å²) in [6.07, 6.45) is 2.07. The van der Waals surface area contributed by atoms with Gasteiger partial charge in [0.05, 0.1) is 6.42 Å². The zero-order chi connectivity index (χ0) is 9.60. The molecule has 4 heteroatoms. The zero-order valence-corrected chi connectivity index (χ0v) is 7.62. The molecule has 0 unspecified atom stereocenters. The number of rotatable bonds is 0. The molecule has 1 spiro atoms. The Kier molecular flexibility index (Phi) is 1.44. The van der Waals surface area contributed by atoms with Crippen molar-refractivity contribution >= 4 is 5.78 Å². The third-order valence-corrected chi connectivity index (χ3v) is 2.74. The van der Waals surface area contributed by atoms with Gasteiger partial charge in [-0.05, 0) is 12.1 Å². The van der Waals surface area contributed by atoms with Gasteiger partial charge < -0.3 is 10.1 Å². The van der Waals surface area contributed by atoms with Crippen molar-refractivity contribution in [2.75, 3.05) is 13.1 Å². The summed E-state index contributed by atoms with van der Waals surface area (Å²) in [5.41, 5.74) is 0.192. The van der Waals surface area contributed by atoms with E-state index in [1.165, 1.54) is 0 Å². The van der Waals surface area contributed by atoms with Crippen molar-refractivity contribution in [3.63, 3.8) is 0 Å². The number of carbonyl (C=O) groups excluding carboxylic acids is 1. The third kappa shape index (κ3) is 0.974. The largest absolute Gasteiger partial charge is 0.482 e. The van der Waals surface area contributed by atoms with Gasteiger partial charge in [-0.15, -0.1) is 0 Å². The molecular formula is C10H10N2O2. The smallest absolute Gasteiger partial charge is 0.189 e. The monoisotopic (exact) mass is 190 g/mol. The van der Waals surface area contributed by atoms with Gasteiger partial charge in [0, 0.05) is 19.3 Å². The molecule has 1 aromatic heterocycles. The number of nitrogens with one attached hydrogen (secondary N) is 1. The molecule has 2 aliphatic rings. The number of ether oxygens (including phenoxy) is 1. The Labute approximate surface area is 81.3 Å².